The number of imide groups is 1. The summed E-state index contributed by atoms with van der Waals surface area (Å²) in [6.07, 6.45) is 2.04. The molecule has 0 aromatic heterocycles. The van der Waals surface area contributed by atoms with Gasteiger partial charge in [-0.05, 0) is 92.8 Å². The number of anilines is 3. The van der Waals surface area contributed by atoms with Crippen molar-refractivity contribution in [2.24, 2.45) is 17.8 Å². The first-order chi connectivity index (χ1) is 20.2. The summed E-state index contributed by atoms with van der Waals surface area (Å²) in [5.74, 6) is -3.80. The highest BCUT2D eigenvalue weighted by molar-refractivity contribution is 6.22. The highest BCUT2D eigenvalue weighted by atomic mass is 19.1. The van der Waals surface area contributed by atoms with Gasteiger partial charge in [-0.1, -0.05) is 41.5 Å². The molecule has 2 amide bonds. The van der Waals surface area contributed by atoms with Gasteiger partial charge in [-0.25, -0.2) is 4.39 Å². The first kappa shape index (κ1) is 29.2. The van der Waals surface area contributed by atoms with Gasteiger partial charge in [-0.2, -0.15) is 0 Å². The van der Waals surface area contributed by atoms with Gasteiger partial charge in [0.1, 0.15) is 0 Å². The average Bonchev–Trinajstić information content (AvgIpc) is 3.22. The Balaban J connectivity index is 1.30. The lowest BCUT2D eigenvalue weighted by Crippen LogP contribution is -2.38. The van der Waals surface area contributed by atoms with Crippen molar-refractivity contribution >= 4 is 35.0 Å². The summed E-state index contributed by atoms with van der Waals surface area (Å²) in [5.41, 5.74) is 5.14. The van der Waals surface area contributed by atoms with Gasteiger partial charge in [0.15, 0.2) is 11.6 Å². The Labute approximate surface area is 244 Å². The molecule has 1 aliphatic heterocycles. The smallest absolute Gasteiger partial charge is 0.238 e. The molecule has 0 radical (unpaired) electrons. The number of nitrogens with zero attached hydrogens (tertiary/aromatic N) is 1. The minimum absolute atomic E-state index is 0.292. The third-order valence-corrected chi connectivity index (χ3v) is 8.27. The van der Waals surface area contributed by atoms with Crippen LogP contribution in [0.3, 0.4) is 0 Å². The van der Waals surface area contributed by atoms with Gasteiger partial charge in [0, 0.05) is 17.3 Å². The van der Waals surface area contributed by atoms with E-state index in [2.05, 4.69) is 5.32 Å². The van der Waals surface area contributed by atoms with E-state index >= 15 is 0 Å². The maximum absolute atomic E-state index is 13.7. The molecule has 1 aliphatic carbocycles. The zero-order valence-electron chi connectivity index (χ0n) is 23.6. The summed E-state index contributed by atoms with van der Waals surface area (Å²) < 4.78 is 13.7. The highest BCUT2D eigenvalue weighted by Crippen LogP contribution is 2.47. The van der Waals surface area contributed by atoms with Gasteiger partial charge < -0.3 is 20.6 Å². The first-order valence-electron chi connectivity index (χ1n) is 14.1. The fraction of sp³-hybridized carbons (Fsp3) is 0.294. The van der Waals surface area contributed by atoms with Crippen LogP contribution in [-0.4, -0.2) is 39.8 Å². The number of allylic oxidation sites excluding steroid dienone is 2. The Morgan fingerprint density at radius 3 is 2.40 bits per heavy atom. The number of carbonyl (C=O) groups is 2. The summed E-state index contributed by atoms with van der Waals surface area (Å²) in [5, 5.41) is 34.4. The summed E-state index contributed by atoms with van der Waals surface area (Å²) >= 11 is 0. The molecule has 3 aromatic rings. The van der Waals surface area contributed by atoms with E-state index in [0.29, 0.717) is 36.1 Å². The molecule has 1 heterocycles. The number of benzene rings is 3. The van der Waals surface area contributed by atoms with Crippen LogP contribution in [0.2, 0.25) is 0 Å². The molecule has 5 rings (SSSR count). The van der Waals surface area contributed by atoms with Crippen LogP contribution in [-0.2, 0) is 9.59 Å². The lowest BCUT2D eigenvalue weighted by atomic mass is 9.68. The van der Waals surface area contributed by atoms with Gasteiger partial charge in [-0.15, -0.1) is 0 Å². The molecule has 218 valence electrons. The summed E-state index contributed by atoms with van der Waals surface area (Å²) in [4.78, 5) is 28.4. The molecule has 7 nitrogen and oxygen atoms in total. The molecule has 42 heavy (non-hydrogen) atoms. The Morgan fingerprint density at radius 2 is 1.74 bits per heavy atom. The molecule has 0 unspecified atom stereocenters. The number of aliphatic hydroxyl groups excluding tert-OH is 2. The van der Waals surface area contributed by atoms with Crippen molar-refractivity contribution < 1.29 is 29.3 Å². The van der Waals surface area contributed by atoms with E-state index < -0.39 is 35.4 Å². The molecule has 1 fully saturated rings. The summed E-state index contributed by atoms with van der Waals surface area (Å²) in [6.45, 7) is 3.36. The number of carbonyl (C=O) groups excluding carboxylic acids is 2. The van der Waals surface area contributed by atoms with Crippen LogP contribution in [0, 0.1) is 23.6 Å². The van der Waals surface area contributed by atoms with E-state index in [9.17, 15) is 29.3 Å². The number of hydrogen-bond acceptors (Lipinski definition) is 6. The molecular weight excluding hydrogens is 535 g/mol. The number of amides is 2. The number of aliphatic hydroxyl groups is 2. The molecule has 4 N–H and O–H groups in total. The van der Waals surface area contributed by atoms with Crippen molar-refractivity contribution in [2.75, 3.05) is 16.8 Å². The number of hydrogen-bond donors (Lipinski definition) is 4. The second kappa shape index (κ2) is 12.3. The predicted octanol–water partition coefficient (Wildman–Crippen LogP) is 5.95. The van der Waals surface area contributed by atoms with E-state index in [1.54, 1.807) is 24.3 Å². The van der Waals surface area contributed by atoms with E-state index in [-0.39, 0.29) is 18.4 Å². The van der Waals surface area contributed by atoms with Gasteiger partial charge in [0.2, 0.25) is 11.8 Å². The topological polar surface area (TPSA) is 110 Å². The van der Waals surface area contributed by atoms with Crippen LogP contribution >= 0.6 is 0 Å². The number of fused-ring (bicyclic) bond motifs is 1. The van der Waals surface area contributed by atoms with Gasteiger partial charge in [-0.3, -0.25) is 14.5 Å². The molecular formula is C34H35FN2O5. The standard InChI is InChI=1S/C34H35FN2O5/c1-20(16-22-9-15-29(39)28(35)18-22)8-14-30(40)31-21(2)17-26-32(27(31)19-38)34(42)37(33(26)41)25-12-10-24(11-13-25)36-23-6-4-3-5-7-23/h3-7,9-13,15-16,18,26-27,30,32,36,38-40H,8,14,17,19H2,1-2H3/b20-16+/t26-,27+,30-,32-/m1/s1. The van der Waals surface area contributed by atoms with Crippen molar-refractivity contribution in [3.05, 3.63) is 101 Å². The molecule has 1 saturated heterocycles. The predicted molar refractivity (Wildman–Crippen MR) is 160 cm³/mol. The number of para-hydroxylation sites is 1. The number of nitrogens with one attached hydrogen (secondary N) is 1. The Hall–Kier alpha value is -4.27. The zero-order chi connectivity index (χ0) is 30.0. The van der Waals surface area contributed by atoms with Gasteiger partial charge in [0.25, 0.3) is 0 Å². The quantitative estimate of drug-likeness (QED) is 0.187. The zero-order valence-corrected chi connectivity index (χ0v) is 23.6. The molecule has 0 bridgehead atoms. The SMILES string of the molecule is CC1=C([C@H](O)CC/C(C)=C/c2ccc(O)c(F)c2)[C@H](CO)[C@@H]2C(=O)N(c3ccc(Nc4ccccc4)cc3)C(=O)[C@@H]2C1. The molecule has 4 atom stereocenters. The monoisotopic (exact) mass is 570 g/mol. The van der Waals surface area contributed by atoms with Crippen molar-refractivity contribution in [2.45, 2.75) is 39.2 Å². The van der Waals surface area contributed by atoms with Crippen LogP contribution in [0.1, 0.15) is 38.7 Å². The molecule has 8 heteroatoms. The number of aromatic hydroxyl groups is 1. The van der Waals surface area contributed by atoms with Crippen LogP contribution in [0.25, 0.3) is 6.08 Å². The number of halogens is 1. The van der Waals surface area contributed by atoms with Crippen LogP contribution in [0.15, 0.2) is 89.5 Å². The van der Waals surface area contributed by atoms with Crippen LogP contribution < -0.4 is 10.2 Å². The summed E-state index contributed by atoms with van der Waals surface area (Å²) in [7, 11) is 0. The lowest BCUT2D eigenvalue weighted by molar-refractivity contribution is -0.123. The highest BCUT2D eigenvalue weighted by Gasteiger charge is 2.54. The van der Waals surface area contributed by atoms with Crippen LogP contribution in [0.5, 0.6) is 5.75 Å². The van der Waals surface area contributed by atoms with Gasteiger partial charge in [0.05, 0.1) is 30.2 Å². The van der Waals surface area contributed by atoms with Crippen molar-refractivity contribution in [3.8, 4) is 5.75 Å². The normalized spacial score (nSPS) is 21.5. The Bertz CT molecular complexity index is 1530. The van der Waals surface area contributed by atoms with E-state index in [1.165, 1.54) is 17.0 Å². The largest absolute Gasteiger partial charge is 0.505 e. The third kappa shape index (κ3) is 5.86. The summed E-state index contributed by atoms with van der Waals surface area (Å²) in [6, 6.07) is 20.9. The fourth-order valence-electron chi connectivity index (χ4n) is 6.24. The fourth-order valence-corrected chi connectivity index (χ4v) is 6.24. The molecule has 0 spiro atoms. The second-order valence-corrected chi connectivity index (χ2v) is 11.2. The number of phenolic OH excluding ortho intramolecular Hbond substituents is 1. The van der Waals surface area contributed by atoms with Crippen LogP contribution in [0.4, 0.5) is 21.5 Å². The number of phenols is 1. The maximum Gasteiger partial charge on any atom is 0.238 e. The first-order valence-corrected chi connectivity index (χ1v) is 14.1. The lowest BCUT2D eigenvalue weighted by Gasteiger charge is -2.35. The minimum atomic E-state index is -0.914. The average molecular weight is 571 g/mol. The van der Waals surface area contributed by atoms with Crippen molar-refractivity contribution in [3.63, 3.8) is 0 Å². The minimum Gasteiger partial charge on any atom is -0.505 e. The van der Waals surface area contributed by atoms with Crippen molar-refractivity contribution in [1.82, 2.24) is 0 Å². The Kier molecular flexibility index (Phi) is 8.56. The Morgan fingerprint density at radius 1 is 1.05 bits per heavy atom. The second-order valence-electron chi connectivity index (χ2n) is 11.2. The van der Waals surface area contributed by atoms with E-state index in [4.69, 9.17) is 0 Å². The number of rotatable bonds is 9. The van der Waals surface area contributed by atoms with Gasteiger partial charge >= 0.3 is 0 Å². The van der Waals surface area contributed by atoms with E-state index in [0.717, 1.165) is 22.5 Å². The molecule has 2 aliphatic rings. The molecule has 3 aromatic carbocycles. The third-order valence-electron chi connectivity index (χ3n) is 8.27. The maximum atomic E-state index is 13.7. The molecule has 0 saturated carbocycles. The van der Waals surface area contributed by atoms with E-state index in [1.807, 2.05) is 56.3 Å². The van der Waals surface area contributed by atoms with Crippen molar-refractivity contribution in [1.29, 1.82) is 0 Å².